The topological polar surface area (TPSA) is 32.3 Å². The van der Waals surface area contributed by atoms with Crippen LogP contribution >= 0.6 is 0 Å². The van der Waals surface area contributed by atoms with Crippen LogP contribution in [0.1, 0.15) is 47.0 Å². The Morgan fingerprint density at radius 1 is 1.21 bits per heavy atom. The summed E-state index contributed by atoms with van der Waals surface area (Å²) in [6, 6.07) is 0.286. The van der Waals surface area contributed by atoms with Gasteiger partial charge >= 0.3 is 0 Å². The molecule has 0 heterocycles. The van der Waals surface area contributed by atoms with Crippen molar-refractivity contribution >= 4 is 0 Å². The molecule has 0 aliphatic heterocycles. The second-order valence-corrected chi connectivity index (χ2v) is 4.81. The minimum atomic E-state index is 0.261. The highest BCUT2D eigenvalue weighted by Gasteiger charge is 2.10. The first-order chi connectivity index (χ1) is 6.60. The first-order valence-electron chi connectivity index (χ1n) is 5.94. The monoisotopic (exact) mass is 201 g/mol. The summed E-state index contributed by atoms with van der Waals surface area (Å²) in [5.74, 6) is 1.38. The van der Waals surface area contributed by atoms with Crippen LogP contribution in [-0.2, 0) is 0 Å². The highest BCUT2D eigenvalue weighted by molar-refractivity contribution is 4.68. The Morgan fingerprint density at radius 3 is 2.29 bits per heavy atom. The number of hydrogen-bond donors (Lipinski definition) is 2. The fourth-order valence-corrected chi connectivity index (χ4v) is 1.75. The maximum absolute atomic E-state index is 9.16. The van der Waals surface area contributed by atoms with E-state index in [1.54, 1.807) is 0 Å². The minimum absolute atomic E-state index is 0.261. The third-order valence-electron chi connectivity index (χ3n) is 2.51. The fourth-order valence-electron chi connectivity index (χ4n) is 1.75. The predicted octanol–water partition coefficient (Wildman–Crippen LogP) is 2.42. The number of rotatable bonds is 8. The van der Waals surface area contributed by atoms with E-state index in [2.05, 4.69) is 33.0 Å². The molecule has 0 bridgehead atoms. The Morgan fingerprint density at radius 2 is 1.86 bits per heavy atom. The normalized spacial score (nSPS) is 15.9. The molecule has 0 spiro atoms. The number of aliphatic hydroxyl groups excluding tert-OH is 1. The lowest BCUT2D eigenvalue weighted by atomic mass is 10.0. The summed E-state index contributed by atoms with van der Waals surface area (Å²) in [4.78, 5) is 0. The first kappa shape index (κ1) is 13.9. The average Bonchev–Trinajstić information content (AvgIpc) is 2.12. The minimum Gasteiger partial charge on any atom is -0.395 e. The van der Waals surface area contributed by atoms with Gasteiger partial charge in [-0.15, -0.1) is 0 Å². The van der Waals surface area contributed by atoms with E-state index in [4.69, 9.17) is 5.11 Å². The van der Waals surface area contributed by atoms with Crippen LogP contribution in [0.4, 0.5) is 0 Å². The molecule has 0 aliphatic rings. The Labute approximate surface area is 89.1 Å². The van der Waals surface area contributed by atoms with Gasteiger partial charge in [0.05, 0.1) is 6.61 Å². The zero-order chi connectivity index (χ0) is 11.0. The van der Waals surface area contributed by atoms with E-state index in [0.717, 1.165) is 18.9 Å². The summed E-state index contributed by atoms with van der Waals surface area (Å²) in [5.41, 5.74) is 0. The number of aliphatic hydroxyl groups is 1. The summed E-state index contributed by atoms with van der Waals surface area (Å²) < 4.78 is 0. The SMILES string of the molecule is CCC[C@@H](C)CN[C@H](CO)CC(C)C. The van der Waals surface area contributed by atoms with Gasteiger partial charge in [-0.3, -0.25) is 0 Å². The molecule has 86 valence electrons. The highest BCUT2D eigenvalue weighted by atomic mass is 16.3. The zero-order valence-corrected chi connectivity index (χ0v) is 10.2. The maximum atomic E-state index is 9.16. The van der Waals surface area contributed by atoms with Crippen LogP contribution in [-0.4, -0.2) is 24.3 Å². The van der Waals surface area contributed by atoms with Crippen molar-refractivity contribution in [1.29, 1.82) is 0 Å². The summed E-state index contributed by atoms with van der Waals surface area (Å²) in [5, 5.41) is 12.6. The van der Waals surface area contributed by atoms with E-state index in [1.165, 1.54) is 12.8 Å². The molecule has 0 amide bonds. The van der Waals surface area contributed by atoms with E-state index in [0.29, 0.717) is 5.92 Å². The van der Waals surface area contributed by atoms with Gasteiger partial charge in [-0.1, -0.05) is 34.1 Å². The smallest absolute Gasteiger partial charge is 0.0584 e. The van der Waals surface area contributed by atoms with E-state index < -0.39 is 0 Å². The molecule has 2 N–H and O–H groups in total. The Hall–Kier alpha value is -0.0800. The quantitative estimate of drug-likeness (QED) is 0.632. The lowest BCUT2D eigenvalue weighted by molar-refractivity contribution is 0.219. The lowest BCUT2D eigenvalue weighted by Crippen LogP contribution is -2.36. The van der Waals surface area contributed by atoms with Gasteiger partial charge in [0.25, 0.3) is 0 Å². The highest BCUT2D eigenvalue weighted by Crippen LogP contribution is 2.07. The molecule has 0 saturated carbocycles. The van der Waals surface area contributed by atoms with Crippen molar-refractivity contribution in [1.82, 2.24) is 5.32 Å². The van der Waals surface area contributed by atoms with Crippen LogP contribution in [0.3, 0.4) is 0 Å². The number of hydrogen-bond acceptors (Lipinski definition) is 2. The first-order valence-corrected chi connectivity index (χ1v) is 5.94. The molecule has 0 aliphatic carbocycles. The van der Waals surface area contributed by atoms with Crippen molar-refractivity contribution in [2.45, 2.75) is 53.0 Å². The van der Waals surface area contributed by atoms with Crippen LogP contribution in [0.25, 0.3) is 0 Å². The van der Waals surface area contributed by atoms with Gasteiger partial charge in [-0.2, -0.15) is 0 Å². The molecule has 0 aromatic heterocycles. The molecule has 2 nitrogen and oxygen atoms in total. The zero-order valence-electron chi connectivity index (χ0n) is 10.2. The van der Waals surface area contributed by atoms with Crippen LogP contribution < -0.4 is 5.32 Å². The third-order valence-corrected chi connectivity index (χ3v) is 2.51. The third kappa shape index (κ3) is 7.34. The summed E-state index contributed by atoms with van der Waals surface area (Å²) in [6.45, 7) is 10.2. The summed E-state index contributed by atoms with van der Waals surface area (Å²) >= 11 is 0. The van der Waals surface area contributed by atoms with Crippen molar-refractivity contribution in [3.63, 3.8) is 0 Å². The average molecular weight is 201 g/mol. The van der Waals surface area contributed by atoms with E-state index in [9.17, 15) is 0 Å². The van der Waals surface area contributed by atoms with Gasteiger partial charge in [0.15, 0.2) is 0 Å². The van der Waals surface area contributed by atoms with Crippen molar-refractivity contribution in [2.75, 3.05) is 13.2 Å². The van der Waals surface area contributed by atoms with E-state index >= 15 is 0 Å². The summed E-state index contributed by atoms with van der Waals surface area (Å²) in [6.07, 6.45) is 3.58. The second kappa shape index (κ2) is 8.25. The summed E-state index contributed by atoms with van der Waals surface area (Å²) in [7, 11) is 0. The molecule has 0 rings (SSSR count). The van der Waals surface area contributed by atoms with Gasteiger partial charge < -0.3 is 10.4 Å². The van der Waals surface area contributed by atoms with Gasteiger partial charge in [0, 0.05) is 6.04 Å². The lowest BCUT2D eigenvalue weighted by Gasteiger charge is -2.20. The van der Waals surface area contributed by atoms with E-state index in [1.807, 2.05) is 0 Å². The molecule has 2 atom stereocenters. The largest absolute Gasteiger partial charge is 0.395 e. The van der Waals surface area contributed by atoms with Gasteiger partial charge in [0.2, 0.25) is 0 Å². The molecule has 0 fully saturated rings. The molecular weight excluding hydrogens is 174 g/mol. The van der Waals surface area contributed by atoms with Gasteiger partial charge in [0.1, 0.15) is 0 Å². The Bertz CT molecular complexity index is 125. The predicted molar refractivity (Wildman–Crippen MR) is 62.4 cm³/mol. The number of nitrogens with one attached hydrogen (secondary N) is 1. The maximum Gasteiger partial charge on any atom is 0.0584 e. The Balaban J connectivity index is 3.60. The fraction of sp³-hybridized carbons (Fsp3) is 1.00. The molecule has 14 heavy (non-hydrogen) atoms. The molecule has 0 unspecified atom stereocenters. The van der Waals surface area contributed by atoms with Crippen LogP contribution in [0.5, 0.6) is 0 Å². The van der Waals surface area contributed by atoms with Crippen LogP contribution in [0, 0.1) is 11.8 Å². The molecule has 0 radical (unpaired) electrons. The molecule has 0 saturated heterocycles. The van der Waals surface area contributed by atoms with Crippen molar-refractivity contribution in [2.24, 2.45) is 11.8 Å². The van der Waals surface area contributed by atoms with Gasteiger partial charge in [-0.05, 0) is 31.2 Å². The second-order valence-electron chi connectivity index (χ2n) is 4.81. The molecular formula is C12H27NO. The standard InChI is InChI=1S/C12H27NO/c1-5-6-11(4)8-13-12(9-14)7-10(2)3/h10-14H,5-9H2,1-4H3/t11-,12+/m1/s1. The van der Waals surface area contributed by atoms with Crippen molar-refractivity contribution in [3.05, 3.63) is 0 Å². The van der Waals surface area contributed by atoms with Gasteiger partial charge in [-0.25, -0.2) is 0 Å². The molecule has 0 aromatic carbocycles. The van der Waals surface area contributed by atoms with Crippen LogP contribution in [0.15, 0.2) is 0 Å². The molecule has 0 aromatic rings. The van der Waals surface area contributed by atoms with Crippen LogP contribution in [0.2, 0.25) is 0 Å². The molecule has 2 heteroatoms. The van der Waals surface area contributed by atoms with E-state index in [-0.39, 0.29) is 12.6 Å². The van der Waals surface area contributed by atoms with Crippen molar-refractivity contribution in [3.8, 4) is 0 Å². The van der Waals surface area contributed by atoms with Crippen molar-refractivity contribution < 1.29 is 5.11 Å². The Kier molecular flexibility index (Phi) is 8.20.